The van der Waals surface area contributed by atoms with Crippen molar-refractivity contribution >= 4 is 11.8 Å². The Kier molecular flexibility index (Phi) is 5.37. The number of carbonyl (C=O) groups excluding carboxylic acids is 2. The molecule has 0 radical (unpaired) electrons. The van der Waals surface area contributed by atoms with Gasteiger partial charge in [0.2, 0.25) is 0 Å². The molecule has 1 aliphatic heterocycles. The number of hydrazine groups is 1. The molecule has 0 saturated carbocycles. The van der Waals surface area contributed by atoms with Gasteiger partial charge in [-0.05, 0) is 65.8 Å². The van der Waals surface area contributed by atoms with Crippen molar-refractivity contribution in [1.82, 2.24) is 10.4 Å². The van der Waals surface area contributed by atoms with Gasteiger partial charge in [0.1, 0.15) is 12.5 Å². The van der Waals surface area contributed by atoms with Gasteiger partial charge in [-0.25, -0.2) is 5.01 Å². The molecule has 0 fully saturated rings. The standard InChI is InChI=1S/C26H28N2O4.H2/c1-15-11-16(2)13-19(12-15)25(30)28(26(4,5)6)27-24(29)20-9-10-21-23(17(20)3)32-22(14-31-21)18-7-8-18;/h9-13,18,22H,14H2,1-6H3,(H,27,29);1H/t22-;/m1./s1. The minimum Gasteiger partial charge on any atom is -0.486 e. The van der Waals surface area contributed by atoms with Gasteiger partial charge >= 0.3 is 0 Å². The number of hydrogen-bond donors (Lipinski definition) is 1. The minimum absolute atomic E-state index is 0. The number of rotatable bonds is 3. The van der Waals surface area contributed by atoms with Gasteiger partial charge in [0, 0.05) is 18.1 Å². The zero-order chi connectivity index (χ0) is 23.2. The second kappa shape index (κ2) is 7.90. The van der Waals surface area contributed by atoms with Gasteiger partial charge in [-0.1, -0.05) is 29.0 Å². The Balaban J connectivity index is 0.00000306. The summed E-state index contributed by atoms with van der Waals surface area (Å²) in [5.74, 6) is 6.52. The van der Waals surface area contributed by atoms with Crippen LogP contribution in [0.3, 0.4) is 0 Å². The molecule has 0 unspecified atom stereocenters. The highest BCUT2D eigenvalue weighted by molar-refractivity contribution is 6.00. The fourth-order valence-corrected chi connectivity index (χ4v) is 3.84. The maximum absolute atomic E-state index is 13.4. The quantitative estimate of drug-likeness (QED) is 0.580. The summed E-state index contributed by atoms with van der Waals surface area (Å²) in [6.45, 7) is 11.8. The van der Waals surface area contributed by atoms with E-state index in [4.69, 9.17) is 9.47 Å². The topological polar surface area (TPSA) is 67.9 Å². The molecule has 32 heavy (non-hydrogen) atoms. The van der Waals surface area contributed by atoms with Crippen LogP contribution in [0.4, 0.5) is 0 Å². The van der Waals surface area contributed by atoms with Gasteiger partial charge in [0.15, 0.2) is 17.6 Å². The molecule has 0 bridgehead atoms. The molecule has 1 heterocycles. The van der Waals surface area contributed by atoms with Gasteiger partial charge in [-0.3, -0.25) is 15.0 Å². The summed E-state index contributed by atoms with van der Waals surface area (Å²) in [6.07, 6.45) is -0.184. The number of benzene rings is 2. The van der Waals surface area contributed by atoms with Gasteiger partial charge in [0.25, 0.3) is 11.8 Å². The van der Waals surface area contributed by atoms with Crippen LogP contribution in [0.1, 0.15) is 59.6 Å². The van der Waals surface area contributed by atoms with Gasteiger partial charge in [0.05, 0.1) is 5.54 Å². The Morgan fingerprint density at radius 3 is 2.34 bits per heavy atom. The molecule has 1 atom stereocenters. The Labute approximate surface area is 190 Å². The zero-order valence-electron chi connectivity index (χ0n) is 19.3. The van der Waals surface area contributed by atoms with E-state index in [0.717, 1.165) is 11.1 Å². The third-order valence-electron chi connectivity index (χ3n) is 5.53. The first-order valence-corrected chi connectivity index (χ1v) is 10.7. The van der Waals surface area contributed by atoms with Crippen molar-refractivity contribution in [2.45, 2.75) is 53.2 Å². The van der Waals surface area contributed by atoms with Crippen LogP contribution >= 0.6 is 0 Å². The molecule has 2 aromatic carbocycles. The summed E-state index contributed by atoms with van der Waals surface area (Å²) in [6, 6.07) is 9.10. The Hall–Kier alpha value is -3.46. The third-order valence-corrected chi connectivity index (χ3v) is 5.53. The van der Waals surface area contributed by atoms with E-state index in [-0.39, 0.29) is 25.3 Å². The third kappa shape index (κ3) is 4.29. The number of nitrogens with one attached hydrogen (secondary N) is 1. The molecule has 6 nitrogen and oxygen atoms in total. The average molecular weight is 435 g/mol. The van der Waals surface area contributed by atoms with E-state index in [9.17, 15) is 9.59 Å². The monoisotopic (exact) mass is 434 g/mol. The largest absolute Gasteiger partial charge is 0.486 e. The van der Waals surface area contributed by atoms with Crippen molar-refractivity contribution in [3.05, 3.63) is 58.1 Å². The van der Waals surface area contributed by atoms with Crippen molar-refractivity contribution < 1.29 is 20.5 Å². The molecule has 1 N–H and O–H groups in total. The SMILES string of the molecule is Cc1cc(C)cc(C(=O)N(NC(=O)c2ccc3c(c2C)O[C@@H](C2C#C2)CO3)C(C)(C)C)c1.[HH]. The number of aryl methyl sites for hydroxylation is 2. The fourth-order valence-electron chi connectivity index (χ4n) is 3.84. The maximum Gasteiger partial charge on any atom is 0.272 e. The summed E-state index contributed by atoms with van der Waals surface area (Å²) in [7, 11) is 0. The number of fused-ring (bicyclic) bond motifs is 1. The van der Waals surface area contributed by atoms with Crippen molar-refractivity contribution in [1.29, 1.82) is 0 Å². The van der Waals surface area contributed by atoms with E-state index in [1.54, 1.807) is 12.1 Å². The summed E-state index contributed by atoms with van der Waals surface area (Å²) in [5.41, 5.74) is 5.79. The van der Waals surface area contributed by atoms with Crippen molar-refractivity contribution in [3.8, 4) is 23.3 Å². The maximum atomic E-state index is 13.4. The van der Waals surface area contributed by atoms with Crippen LogP contribution in [0.15, 0.2) is 30.3 Å². The molecule has 168 valence electrons. The summed E-state index contributed by atoms with van der Waals surface area (Å²) >= 11 is 0. The zero-order valence-corrected chi connectivity index (χ0v) is 19.3. The van der Waals surface area contributed by atoms with Crippen LogP contribution in [-0.4, -0.2) is 35.1 Å². The highest BCUT2D eigenvalue weighted by atomic mass is 16.6. The van der Waals surface area contributed by atoms with E-state index >= 15 is 0 Å². The van der Waals surface area contributed by atoms with Crippen LogP contribution in [0.25, 0.3) is 0 Å². The molecule has 1 aliphatic carbocycles. The highest BCUT2D eigenvalue weighted by Crippen LogP contribution is 2.38. The smallest absolute Gasteiger partial charge is 0.272 e. The molecule has 0 saturated heterocycles. The molecule has 2 aliphatic rings. The molecular formula is C26H30N2O4. The van der Waals surface area contributed by atoms with Crippen LogP contribution in [0.5, 0.6) is 11.5 Å². The molecule has 0 spiro atoms. The number of carbonyl (C=O) groups is 2. The number of nitrogens with zero attached hydrogens (tertiary/aromatic N) is 1. The first-order valence-electron chi connectivity index (χ1n) is 10.7. The second-order valence-corrected chi connectivity index (χ2v) is 9.43. The predicted octanol–water partition coefficient (Wildman–Crippen LogP) is 4.22. The molecule has 2 aromatic rings. The van der Waals surface area contributed by atoms with E-state index in [2.05, 4.69) is 17.3 Å². The van der Waals surface area contributed by atoms with Crippen molar-refractivity contribution in [3.63, 3.8) is 0 Å². The minimum atomic E-state index is -0.638. The number of ether oxygens (including phenoxy) is 2. The molecule has 6 heteroatoms. The molecule has 0 aromatic heterocycles. The predicted molar refractivity (Wildman–Crippen MR) is 124 cm³/mol. The van der Waals surface area contributed by atoms with Gasteiger partial charge in [-0.2, -0.15) is 0 Å². The van der Waals surface area contributed by atoms with E-state index < -0.39 is 5.54 Å². The van der Waals surface area contributed by atoms with Crippen LogP contribution < -0.4 is 14.9 Å². The number of hydrogen-bond acceptors (Lipinski definition) is 4. The fraction of sp³-hybridized carbons (Fsp3) is 0.385. The molecule has 4 rings (SSSR count). The molecular weight excluding hydrogens is 404 g/mol. The normalized spacial score (nSPS) is 16.6. The summed E-state index contributed by atoms with van der Waals surface area (Å²) in [5, 5.41) is 1.39. The summed E-state index contributed by atoms with van der Waals surface area (Å²) in [4.78, 5) is 26.6. The first-order chi connectivity index (χ1) is 15.0. The van der Waals surface area contributed by atoms with Crippen LogP contribution in [0.2, 0.25) is 0 Å². The second-order valence-electron chi connectivity index (χ2n) is 9.43. The Bertz CT molecular complexity index is 1150. The molecule has 2 amide bonds. The van der Waals surface area contributed by atoms with Gasteiger partial charge in [-0.15, -0.1) is 0 Å². The summed E-state index contributed by atoms with van der Waals surface area (Å²) < 4.78 is 11.9. The van der Waals surface area contributed by atoms with Crippen LogP contribution in [0, 0.1) is 38.5 Å². The lowest BCUT2D eigenvalue weighted by Crippen LogP contribution is -2.56. The highest BCUT2D eigenvalue weighted by Gasteiger charge is 2.34. The van der Waals surface area contributed by atoms with Crippen LogP contribution in [-0.2, 0) is 0 Å². The Morgan fingerprint density at radius 2 is 1.75 bits per heavy atom. The van der Waals surface area contributed by atoms with E-state index in [1.165, 1.54) is 5.01 Å². The lowest BCUT2D eigenvalue weighted by molar-refractivity contribution is 0.0357. The average Bonchev–Trinajstić information content (AvgIpc) is 3.55. The number of amides is 2. The lowest BCUT2D eigenvalue weighted by atomic mass is 10.0. The Morgan fingerprint density at radius 1 is 1.09 bits per heavy atom. The van der Waals surface area contributed by atoms with Crippen molar-refractivity contribution in [2.24, 2.45) is 5.92 Å². The first kappa shape index (κ1) is 21.8. The van der Waals surface area contributed by atoms with Gasteiger partial charge < -0.3 is 9.47 Å². The van der Waals surface area contributed by atoms with E-state index in [0.29, 0.717) is 34.8 Å². The van der Waals surface area contributed by atoms with E-state index in [1.807, 2.05) is 59.7 Å². The van der Waals surface area contributed by atoms with Crippen molar-refractivity contribution in [2.75, 3.05) is 6.61 Å². The lowest BCUT2D eigenvalue weighted by Gasteiger charge is -2.36.